The lowest BCUT2D eigenvalue weighted by Gasteiger charge is -2.10. The molecule has 0 aliphatic carbocycles. The Morgan fingerprint density at radius 3 is 2.68 bits per heavy atom. The van der Waals surface area contributed by atoms with Crippen molar-refractivity contribution >= 4 is 28.2 Å². The number of aromatic nitrogens is 2. The van der Waals surface area contributed by atoms with Gasteiger partial charge in [0.15, 0.2) is 0 Å². The average Bonchev–Trinajstić information content (AvgIpc) is 2.74. The van der Waals surface area contributed by atoms with Crippen LogP contribution in [0.15, 0.2) is 79.3 Å². The smallest absolute Gasteiger partial charge is 0.257 e. The van der Waals surface area contributed by atoms with E-state index in [0.29, 0.717) is 17.8 Å². The van der Waals surface area contributed by atoms with E-state index in [2.05, 4.69) is 51.8 Å². The zero-order valence-electron chi connectivity index (χ0n) is 15.5. The van der Waals surface area contributed by atoms with Crippen LogP contribution < -0.4 is 10.6 Å². The molecule has 138 valence electrons. The quantitative estimate of drug-likeness (QED) is 0.531. The van der Waals surface area contributed by atoms with E-state index in [0.717, 1.165) is 16.6 Å². The molecule has 0 unspecified atom stereocenters. The van der Waals surface area contributed by atoms with Crippen molar-refractivity contribution in [3.8, 4) is 0 Å². The van der Waals surface area contributed by atoms with Crippen LogP contribution in [0.3, 0.4) is 0 Å². The minimum atomic E-state index is -0.218. The molecule has 0 bridgehead atoms. The number of hydrogen-bond donors (Lipinski definition) is 2. The molecule has 2 aromatic heterocycles. The van der Waals surface area contributed by atoms with Gasteiger partial charge < -0.3 is 10.6 Å². The molecule has 4 rings (SSSR count). The molecule has 0 fully saturated rings. The van der Waals surface area contributed by atoms with Gasteiger partial charge in [0, 0.05) is 30.5 Å². The first-order chi connectivity index (χ1) is 13.7. The molecule has 0 radical (unpaired) electrons. The molecule has 0 saturated carbocycles. The highest BCUT2D eigenvalue weighted by Gasteiger charge is 2.10. The van der Waals surface area contributed by atoms with Crippen molar-refractivity contribution in [2.24, 2.45) is 0 Å². The first-order valence-corrected chi connectivity index (χ1v) is 9.08. The van der Waals surface area contributed by atoms with Crippen LogP contribution >= 0.6 is 0 Å². The van der Waals surface area contributed by atoms with Crippen LogP contribution in [0.4, 0.5) is 11.4 Å². The lowest BCUT2D eigenvalue weighted by Crippen LogP contribution is -2.13. The molecule has 5 nitrogen and oxygen atoms in total. The SMILES string of the molecule is Cc1ccc(CNc2cncc(C(=O)Nc3cccc4cccnc34)c2)cc1. The van der Waals surface area contributed by atoms with E-state index in [-0.39, 0.29) is 5.91 Å². The Morgan fingerprint density at radius 1 is 1.00 bits per heavy atom. The van der Waals surface area contributed by atoms with Gasteiger partial charge in [0.2, 0.25) is 0 Å². The Hall–Kier alpha value is -3.73. The Labute approximate surface area is 163 Å². The molecule has 2 N–H and O–H groups in total. The summed E-state index contributed by atoms with van der Waals surface area (Å²) in [7, 11) is 0. The van der Waals surface area contributed by atoms with Crippen LogP contribution in [0.25, 0.3) is 10.9 Å². The molecule has 2 heterocycles. The van der Waals surface area contributed by atoms with Crippen LogP contribution in [0, 0.1) is 6.92 Å². The van der Waals surface area contributed by atoms with E-state index in [1.54, 1.807) is 24.7 Å². The average molecular weight is 368 g/mol. The number of nitrogens with zero attached hydrogens (tertiary/aromatic N) is 2. The molecule has 0 spiro atoms. The van der Waals surface area contributed by atoms with Gasteiger partial charge in [-0.15, -0.1) is 0 Å². The maximum Gasteiger partial charge on any atom is 0.257 e. The fourth-order valence-electron chi connectivity index (χ4n) is 2.97. The van der Waals surface area contributed by atoms with Crippen LogP contribution in [0.5, 0.6) is 0 Å². The third-order valence-corrected chi connectivity index (χ3v) is 4.50. The molecule has 0 atom stereocenters. The van der Waals surface area contributed by atoms with Crippen molar-refractivity contribution in [1.29, 1.82) is 0 Å². The fraction of sp³-hybridized carbons (Fsp3) is 0.0870. The van der Waals surface area contributed by atoms with Crippen molar-refractivity contribution in [2.75, 3.05) is 10.6 Å². The molecule has 5 heteroatoms. The third kappa shape index (κ3) is 3.99. The van der Waals surface area contributed by atoms with Gasteiger partial charge >= 0.3 is 0 Å². The minimum absolute atomic E-state index is 0.218. The lowest BCUT2D eigenvalue weighted by atomic mass is 10.1. The normalized spacial score (nSPS) is 10.6. The second kappa shape index (κ2) is 7.88. The maximum atomic E-state index is 12.7. The summed E-state index contributed by atoms with van der Waals surface area (Å²) >= 11 is 0. The Morgan fingerprint density at radius 2 is 1.82 bits per heavy atom. The van der Waals surface area contributed by atoms with E-state index < -0.39 is 0 Å². The summed E-state index contributed by atoms with van der Waals surface area (Å²) < 4.78 is 0. The number of carbonyl (C=O) groups excluding carboxylic acids is 1. The number of carbonyl (C=O) groups is 1. The molecular formula is C23H20N4O. The predicted octanol–water partition coefficient (Wildman–Crippen LogP) is 4.80. The van der Waals surface area contributed by atoms with Gasteiger partial charge in [-0.3, -0.25) is 14.8 Å². The summed E-state index contributed by atoms with van der Waals surface area (Å²) in [5.74, 6) is -0.218. The van der Waals surface area contributed by atoms with Crippen LogP contribution in [-0.4, -0.2) is 15.9 Å². The van der Waals surface area contributed by atoms with Gasteiger partial charge in [0.1, 0.15) is 0 Å². The summed E-state index contributed by atoms with van der Waals surface area (Å²) in [5, 5.41) is 7.23. The first-order valence-electron chi connectivity index (χ1n) is 9.08. The second-order valence-corrected chi connectivity index (χ2v) is 6.64. The highest BCUT2D eigenvalue weighted by atomic mass is 16.1. The number of fused-ring (bicyclic) bond motifs is 1. The zero-order chi connectivity index (χ0) is 19.3. The van der Waals surface area contributed by atoms with Crippen molar-refractivity contribution in [2.45, 2.75) is 13.5 Å². The Balaban J connectivity index is 1.48. The Bertz CT molecular complexity index is 1120. The van der Waals surface area contributed by atoms with E-state index in [1.807, 2.05) is 30.3 Å². The summed E-state index contributed by atoms with van der Waals surface area (Å²) in [6.45, 7) is 2.73. The van der Waals surface area contributed by atoms with Crippen molar-refractivity contribution in [3.63, 3.8) is 0 Å². The molecule has 1 amide bonds. The number of hydrogen-bond acceptors (Lipinski definition) is 4. The molecule has 28 heavy (non-hydrogen) atoms. The van der Waals surface area contributed by atoms with Gasteiger partial charge in [-0.25, -0.2) is 0 Å². The highest BCUT2D eigenvalue weighted by molar-refractivity contribution is 6.08. The number of pyridine rings is 2. The largest absolute Gasteiger partial charge is 0.380 e. The Kier molecular flexibility index (Phi) is 4.97. The number of aryl methyl sites for hydroxylation is 1. The zero-order valence-corrected chi connectivity index (χ0v) is 15.5. The highest BCUT2D eigenvalue weighted by Crippen LogP contribution is 2.21. The second-order valence-electron chi connectivity index (χ2n) is 6.64. The number of nitrogens with one attached hydrogen (secondary N) is 2. The van der Waals surface area contributed by atoms with Crippen LogP contribution in [0.2, 0.25) is 0 Å². The summed E-state index contributed by atoms with van der Waals surface area (Å²) in [6.07, 6.45) is 4.99. The maximum absolute atomic E-state index is 12.7. The number of amides is 1. The van der Waals surface area contributed by atoms with Gasteiger partial charge in [0.05, 0.1) is 22.5 Å². The summed E-state index contributed by atoms with van der Waals surface area (Å²) in [6, 6.07) is 19.7. The molecule has 4 aromatic rings. The van der Waals surface area contributed by atoms with Crippen molar-refractivity contribution in [1.82, 2.24) is 9.97 Å². The van der Waals surface area contributed by atoms with Gasteiger partial charge in [-0.1, -0.05) is 48.0 Å². The van der Waals surface area contributed by atoms with Crippen molar-refractivity contribution < 1.29 is 4.79 Å². The van der Waals surface area contributed by atoms with E-state index >= 15 is 0 Å². The molecule has 0 saturated heterocycles. The lowest BCUT2D eigenvalue weighted by molar-refractivity contribution is 0.102. The number of anilines is 2. The third-order valence-electron chi connectivity index (χ3n) is 4.50. The van der Waals surface area contributed by atoms with E-state index in [1.165, 1.54) is 11.1 Å². The molecule has 2 aromatic carbocycles. The predicted molar refractivity (Wildman–Crippen MR) is 112 cm³/mol. The standard InChI is InChI=1S/C23H20N4O/c1-16-7-9-17(10-8-16)13-26-20-12-19(14-24-15-20)23(28)27-21-6-2-4-18-5-3-11-25-22(18)21/h2-12,14-15,26H,13H2,1H3,(H,27,28). The fourth-order valence-corrected chi connectivity index (χ4v) is 2.97. The van der Waals surface area contributed by atoms with E-state index in [4.69, 9.17) is 0 Å². The van der Waals surface area contributed by atoms with Gasteiger partial charge in [-0.05, 0) is 30.7 Å². The number of para-hydroxylation sites is 1. The van der Waals surface area contributed by atoms with Crippen molar-refractivity contribution in [3.05, 3.63) is 95.9 Å². The minimum Gasteiger partial charge on any atom is -0.380 e. The molecular weight excluding hydrogens is 348 g/mol. The monoisotopic (exact) mass is 368 g/mol. The summed E-state index contributed by atoms with van der Waals surface area (Å²) in [5.41, 5.74) is 5.13. The summed E-state index contributed by atoms with van der Waals surface area (Å²) in [4.78, 5) is 21.3. The first kappa shape index (κ1) is 17.7. The molecule has 0 aliphatic rings. The van der Waals surface area contributed by atoms with E-state index in [9.17, 15) is 4.79 Å². The number of benzene rings is 2. The number of rotatable bonds is 5. The van der Waals surface area contributed by atoms with Gasteiger partial charge in [-0.2, -0.15) is 0 Å². The van der Waals surface area contributed by atoms with Gasteiger partial charge in [0.25, 0.3) is 5.91 Å². The van der Waals surface area contributed by atoms with Crippen LogP contribution in [0.1, 0.15) is 21.5 Å². The molecule has 0 aliphatic heterocycles. The van der Waals surface area contributed by atoms with Crippen LogP contribution in [-0.2, 0) is 6.54 Å². The topological polar surface area (TPSA) is 66.9 Å².